The molecule has 0 bridgehead atoms. The summed E-state index contributed by atoms with van der Waals surface area (Å²) in [6.07, 6.45) is 2.70. The summed E-state index contributed by atoms with van der Waals surface area (Å²) in [5.74, 6) is 1.24. The molecule has 0 amide bonds. The van der Waals surface area contributed by atoms with Gasteiger partial charge in [0.1, 0.15) is 5.82 Å². The van der Waals surface area contributed by atoms with Crippen LogP contribution in [0.25, 0.3) is 0 Å². The van der Waals surface area contributed by atoms with Crippen molar-refractivity contribution in [3.05, 3.63) is 27.4 Å². The van der Waals surface area contributed by atoms with Crippen LogP contribution in [0.3, 0.4) is 0 Å². The molecular formula is C10H14N2O2. The number of nitrogens with one attached hydrogen (secondary N) is 1. The third-order valence-electron chi connectivity index (χ3n) is 2.58. The highest BCUT2D eigenvalue weighted by molar-refractivity contribution is 5.19. The molecule has 1 fully saturated rings. The minimum atomic E-state index is -0.0645. The van der Waals surface area contributed by atoms with Crippen molar-refractivity contribution in [3.63, 3.8) is 0 Å². The number of rotatable bonds is 3. The highest BCUT2D eigenvalue weighted by Gasteiger charge is 2.26. The van der Waals surface area contributed by atoms with Crippen LogP contribution >= 0.6 is 0 Å². The minimum Gasteiger partial charge on any atom is -0.396 e. The van der Waals surface area contributed by atoms with Gasteiger partial charge in [-0.25, -0.2) is 4.98 Å². The predicted octanol–water partition coefficient (Wildman–Crippen LogP) is 0.491. The van der Waals surface area contributed by atoms with Gasteiger partial charge in [-0.1, -0.05) is 0 Å². The molecule has 0 radical (unpaired) electrons. The zero-order valence-corrected chi connectivity index (χ0v) is 8.21. The lowest BCUT2D eigenvalue weighted by Gasteiger charge is -2.04. The van der Waals surface area contributed by atoms with Gasteiger partial charge in [0.05, 0.1) is 5.69 Å². The van der Waals surface area contributed by atoms with Gasteiger partial charge < -0.3 is 10.1 Å². The van der Waals surface area contributed by atoms with E-state index < -0.39 is 0 Å². The van der Waals surface area contributed by atoms with Crippen LogP contribution < -0.4 is 5.56 Å². The molecule has 1 aliphatic rings. The number of aromatic amines is 1. The number of hydrogen-bond acceptors (Lipinski definition) is 3. The Labute approximate surface area is 82.0 Å². The molecule has 0 aliphatic heterocycles. The maximum atomic E-state index is 11.5. The van der Waals surface area contributed by atoms with E-state index in [-0.39, 0.29) is 12.2 Å². The van der Waals surface area contributed by atoms with Crippen molar-refractivity contribution in [1.29, 1.82) is 0 Å². The number of aromatic nitrogens is 2. The largest absolute Gasteiger partial charge is 0.396 e. The quantitative estimate of drug-likeness (QED) is 0.736. The molecule has 4 nitrogen and oxygen atoms in total. The van der Waals surface area contributed by atoms with Gasteiger partial charge in [0.2, 0.25) is 0 Å². The van der Waals surface area contributed by atoms with E-state index in [1.807, 2.05) is 0 Å². The molecule has 1 aliphatic carbocycles. The van der Waals surface area contributed by atoms with E-state index in [0.717, 1.165) is 24.4 Å². The van der Waals surface area contributed by atoms with Gasteiger partial charge in [0.25, 0.3) is 5.56 Å². The highest BCUT2D eigenvalue weighted by atomic mass is 16.3. The molecule has 1 saturated carbocycles. The van der Waals surface area contributed by atoms with Gasteiger partial charge in [-0.05, 0) is 19.8 Å². The summed E-state index contributed by atoms with van der Waals surface area (Å²) in [6.45, 7) is 1.79. The molecule has 1 aromatic rings. The van der Waals surface area contributed by atoms with E-state index in [0.29, 0.717) is 17.9 Å². The van der Waals surface area contributed by atoms with Crippen LogP contribution in [0.2, 0.25) is 0 Å². The van der Waals surface area contributed by atoms with Crippen molar-refractivity contribution in [2.45, 2.75) is 32.1 Å². The fourth-order valence-corrected chi connectivity index (χ4v) is 1.50. The standard InChI is InChI=1S/C10H14N2O2/c1-6-8(4-5-13)11-9(7-2-3-7)12-10(6)14/h7,13H,2-5H2,1H3,(H,11,12,14). The van der Waals surface area contributed by atoms with E-state index in [4.69, 9.17) is 5.11 Å². The van der Waals surface area contributed by atoms with Crippen LogP contribution in [0.4, 0.5) is 0 Å². The Kier molecular flexibility index (Phi) is 2.37. The summed E-state index contributed by atoms with van der Waals surface area (Å²) < 4.78 is 0. The third kappa shape index (κ3) is 1.70. The van der Waals surface area contributed by atoms with E-state index >= 15 is 0 Å². The van der Waals surface area contributed by atoms with E-state index in [9.17, 15) is 4.79 Å². The number of aliphatic hydroxyl groups is 1. The summed E-state index contributed by atoms with van der Waals surface area (Å²) in [5, 5.41) is 8.83. The minimum absolute atomic E-state index is 0.0431. The Morgan fingerprint density at radius 2 is 2.29 bits per heavy atom. The summed E-state index contributed by atoms with van der Waals surface area (Å²) in [5.41, 5.74) is 1.30. The Morgan fingerprint density at radius 1 is 1.57 bits per heavy atom. The smallest absolute Gasteiger partial charge is 0.254 e. The van der Waals surface area contributed by atoms with Crippen molar-refractivity contribution in [2.75, 3.05) is 6.61 Å². The van der Waals surface area contributed by atoms with E-state index in [1.54, 1.807) is 6.92 Å². The highest BCUT2D eigenvalue weighted by Crippen LogP contribution is 2.37. The fraction of sp³-hybridized carbons (Fsp3) is 0.600. The first kappa shape index (κ1) is 9.40. The lowest BCUT2D eigenvalue weighted by molar-refractivity contribution is 0.297. The summed E-state index contributed by atoms with van der Waals surface area (Å²) in [6, 6.07) is 0. The normalized spacial score (nSPS) is 15.9. The van der Waals surface area contributed by atoms with Crippen LogP contribution in [-0.4, -0.2) is 21.7 Å². The van der Waals surface area contributed by atoms with Gasteiger partial charge in [-0.3, -0.25) is 4.79 Å². The van der Waals surface area contributed by atoms with Crippen molar-refractivity contribution in [3.8, 4) is 0 Å². The molecule has 0 unspecified atom stereocenters. The molecule has 0 atom stereocenters. The van der Waals surface area contributed by atoms with E-state index in [1.165, 1.54) is 0 Å². The second-order valence-electron chi connectivity index (χ2n) is 3.77. The zero-order chi connectivity index (χ0) is 10.1. The second-order valence-corrected chi connectivity index (χ2v) is 3.77. The maximum Gasteiger partial charge on any atom is 0.254 e. The number of nitrogens with zero attached hydrogens (tertiary/aromatic N) is 1. The van der Waals surface area contributed by atoms with Crippen molar-refractivity contribution < 1.29 is 5.11 Å². The van der Waals surface area contributed by atoms with Gasteiger partial charge in [0.15, 0.2) is 0 Å². The first-order chi connectivity index (χ1) is 6.72. The number of aliphatic hydroxyl groups excluding tert-OH is 1. The predicted molar refractivity (Wildman–Crippen MR) is 52.4 cm³/mol. The maximum absolute atomic E-state index is 11.5. The van der Waals surface area contributed by atoms with E-state index in [2.05, 4.69) is 9.97 Å². The topological polar surface area (TPSA) is 66.0 Å². The lowest BCUT2D eigenvalue weighted by atomic mass is 10.2. The van der Waals surface area contributed by atoms with Crippen molar-refractivity contribution in [1.82, 2.24) is 9.97 Å². The molecule has 0 saturated heterocycles. The van der Waals surface area contributed by atoms with Gasteiger partial charge in [0, 0.05) is 24.5 Å². The lowest BCUT2D eigenvalue weighted by Crippen LogP contribution is -2.18. The summed E-state index contributed by atoms with van der Waals surface area (Å²) in [4.78, 5) is 18.6. The molecule has 2 N–H and O–H groups in total. The first-order valence-corrected chi connectivity index (χ1v) is 4.93. The molecule has 0 aromatic carbocycles. The van der Waals surface area contributed by atoms with Crippen LogP contribution in [0, 0.1) is 6.92 Å². The second kappa shape index (κ2) is 3.53. The van der Waals surface area contributed by atoms with Gasteiger partial charge >= 0.3 is 0 Å². The molecule has 1 heterocycles. The first-order valence-electron chi connectivity index (χ1n) is 4.93. The Hall–Kier alpha value is -1.16. The Bertz CT molecular complexity index is 394. The molecule has 0 spiro atoms. The van der Waals surface area contributed by atoms with Crippen LogP contribution in [0.15, 0.2) is 4.79 Å². The zero-order valence-electron chi connectivity index (χ0n) is 8.21. The monoisotopic (exact) mass is 194 g/mol. The molecular weight excluding hydrogens is 180 g/mol. The number of hydrogen-bond donors (Lipinski definition) is 2. The molecule has 76 valence electrons. The molecule has 1 aromatic heterocycles. The van der Waals surface area contributed by atoms with Crippen LogP contribution in [0.5, 0.6) is 0 Å². The van der Waals surface area contributed by atoms with Crippen LogP contribution in [-0.2, 0) is 6.42 Å². The molecule has 4 heteroatoms. The molecule has 2 rings (SSSR count). The summed E-state index contributed by atoms with van der Waals surface area (Å²) >= 11 is 0. The average Bonchev–Trinajstić information content (AvgIpc) is 2.96. The van der Waals surface area contributed by atoms with Crippen molar-refractivity contribution >= 4 is 0 Å². The van der Waals surface area contributed by atoms with Gasteiger partial charge in [-0.2, -0.15) is 0 Å². The molecule has 14 heavy (non-hydrogen) atoms. The average molecular weight is 194 g/mol. The Balaban J connectivity index is 2.41. The van der Waals surface area contributed by atoms with Crippen LogP contribution in [0.1, 0.15) is 35.8 Å². The Morgan fingerprint density at radius 3 is 2.86 bits per heavy atom. The third-order valence-corrected chi connectivity index (χ3v) is 2.58. The number of H-pyrrole nitrogens is 1. The summed E-state index contributed by atoms with van der Waals surface area (Å²) in [7, 11) is 0. The van der Waals surface area contributed by atoms with Gasteiger partial charge in [-0.15, -0.1) is 0 Å². The SMILES string of the molecule is Cc1c(CCO)nc(C2CC2)[nH]c1=O. The van der Waals surface area contributed by atoms with Crippen molar-refractivity contribution in [2.24, 2.45) is 0 Å². The fourth-order valence-electron chi connectivity index (χ4n) is 1.50.